The highest BCUT2D eigenvalue weighted by Gasteiger charge is 2.11. The van der Waals surface area contributed by atoms with E-state index in [1.54, 1.807) is 48.8 Å². The van der Waals surface area contributed by atoms with E-state index in [0.29, 0.717) is 11.3 Å². The van der Waals surface area contributed by atoms with Gasteiger partial charge in [-0.15, -0.1) is 0 Å². The third kappa shape index (κ3) is 3.75. The largest absolute Gasteiger partial charge is 0.452 e. The topological polar surface area (TPSA) is 84.1 Å². The number of carbonyl (C=O) groups excluding carboxylic acids is 2. The number of aromatic nitrogens is 2. The predicted octanol–water partition coefficient (Wildman–Crippen LogP) is 3.12. The lowest BCUT2D eigenvalue weighted by Crippen LogP contribution is -2.20. The van der Waals surface area contributed by atoms with Gasteiger partial charge in [-0.05, 0) is 42.5 Å². The zero-order chi connectivity index (χ0) is 16.2. The molecule has 116 valence electrons. The summed E-state index contributed by atoms with van der Waals surface area (Å²) in [6, 6.07) is 12.1. The quantitative estimate of drug-likeness (QED) is 0.688. The second kappa shape index (κ2) is 6.62. The van der Waals surface area contributed by atoms with E-state index in [2.05, 4.69) is 31.2 Å². The summed E-state index contributed by atoms with van der Waals surface area (Å²) >= 11 is 3.31. The number of aromatic amines is 1. The lowest BCUT2D eigenvalue weighted by molar-refractivity contribution is -0.119. The van der Waals surface area contributed by atoms with Gasteiger partial charge in [0.25, 0.3) is 5.91 Å². The lowest BCUT2D eigenvalue weighted by Gasteiger charge is -2.07. The van der Waals surface area contributed by atoms with Gasteiger partial charge in [-0.25, -0.2) is 9.78 Å². The van der Waals surface area contributed by atoms with Crippen LogP contribution in [0.4, 0.5) is 5.69 Å². The maximum atomic E-state index is 12.0. The second-order valence-corrected chi connectivity index (χ2v) is 5.68. The first-order valence-corrected chi connectivity index (χ1v) is 7.57. The Labute approximate surface area is 140 Å². The van der Waals surface area contributed by atoms with Gasteiger partial charge in [0.2, 0.25) is 0 Å². The van der Waals surface area contributed by atoms with Crippen LogP contribution in [-0.4, -0.2) is 28.5 Å². The molecular weight excluding hydrogens is 362 g/mol. The Balaban J connectivity index is 1.57. The zero-order valence-electron chi connectivity index (χ0n) is 11.9. The number of hydrogen-bond acceptors (Lipinski definition) is 4. The Hall–Kier alpha value is -2.67. The summed E-state index contributed by atoms with van der Waals surface area (Å²) in [5.41, 5.74) is 2.49. The fourth-order valence-corrected chi connectivity index (χ4v) is 2.27. The molecule has 0 aliphatic carbocycles. The fourth-order valence-electron chi connectivity index (χ4n) is 2.01. The standard InChI is InChI=1S/C16H12BrN3O3/c17-11-2-4-12(5-3-11)20-15(21)8-23-16(22)10-1-6-13-14(7-10)19-9-18-13/h1-7,9H,8H2,(H,18,19)(H,20,21). The number of carbonyl (C=O) groups is 2. The fraction of sp³-hybridized carbons (Fsp3) is 0.0625. The van der Waals surface area contributed by atoms with Crippen molar-refractivity contribution in [3.8, 4) is 0 Å². The number of anilines is 1. The number of ether oxygens (including phenoxy) is 1. The van der Waals surface area contributed by atoms with E-state index in [1.807, 2.05) is 0 Å². The van der Waals surface area contributed by atoms with Crippen molar-refractivity contribution in [1.82, 2.24) is 9.97 Å². The molecule has 2 aromatic carbocycles. The van der Waals surface area contributed by atoms with Gasteiger partial charge < -0.3 is 15.0 Å². The first kappa shape index (κ1) is 15.2. The molecule has 1 heterocycles. The molecule has 0 fully saturated rings. The van der Waals surface area contributed by atoms with E-state index in [-0.39, 0.29) is 6.61 Å². The van der Waals surface area contributed by atoms with E-state index in [4.69, 9.17) is 4.74 Å². The van der Waals surface area contributed by atoms with Crippen LogP contribution in [-0.2, 0) is 9.53 Å². The molecule has 0 bridgehead atoms. The Morgan fingerprint density at radius 3 is 2.74 bits per heavy atom. The van der Waals surface area contributed by atoms with Crippen molar-refractivity contribution in [3.05, 3.63) is 58.8 Å². The molecule has 0 atom stereocenters. The number of nitrogens with zero attached hydrogens (tertiary/aromatic N) is 1. The van der Waals surface area contributed by atoms with Crippen molar-refractivity contribution in [2.45, 2.75) is 0 Å². The molecule has 0 unspecified atom stereocenters. The highest BCUT2D eigenvalue weighted by Crippen LogP contribution is 2.14. The summed E-state index contributed by atoms with van der Waals surface area (Å²) in [5, 5.41) is 2.65. The average molecular weight is 374 g/mol. The van der Waals surface area contributed by atoms with Crippen molar-refractivity contribution in [1.29, 1.82) is 0 Å². The molecule has 3 rings (SSSR count). The minimum Gasteiger partial charge on any atom is -0.452 e. The lowest BCUT2D eigenvalue weighted by atomic mass is 10.2. The molecule has 0 aliphatic heterocycles. The van der Waals surface area contributed by atoms with Crippen LogP contribution in [0.2, 0.25) is 0 Å². The van der Waals surface area contributed by atoms with Crippen molar-refractivity contribution in [3.63, 3.8) is 0 Å². The third-order valence-corrected chi connectivity index (χ3v) is 3.65. The number of rotatable bonds is 4. The summed E-state index contributed by atoms with van der Waals surface area (Å²) in [7, 11) is 0. The van der Waals surface area contributed by atoms with Crippen LogP contribution in [0.1, 0.15) is 10.4 Å². The number of halogens is 1. The zero-order valence-corrected chi connectivity index (χ0v) is 13.5. The summed E-state index contributed by atoms with van der Waals surface area (Å²) in [6.07, 6.45) is 1.55. The summed E-state index contributed by atoms with van der Waals surface area (Å²) in [6.45, 7) is -0.351. The Kier molecular flexibility index (Phi) is 4.38. The van der Waals surface area contributed by atoms with E-state index in [0.717, 1.165) is 15.5 Å². The number of hydrogen-bond donors (Lipinski definition) is 2. The van der Waals surface area contributed by atoms with Crippen LogP contribution in [0.3, 0.4) is 0 Å². The molecule has 0 radical (unpaired) electrons. The number of benzene rings is 2. The van der Waals surface area contributed by atoms with Gasteiger partial charge >= 0.3 is 5.97 Å². The predicted molar refractivity (Wildman–Crippen MR) is 89.1 cm³/mol. The normalized spacial score (nSPS) is 10.5. The summed E-state index contributed by atoms with van der Waals surface area (Å²) < 4.78 is 5.93. The first-order valence-electron chi connectivity index (χ1n) is 6.77. The van der Waals surface area contributed by atoms with Gasteiger partial charge in [-0.3, -0.25) is 4.79 Å². The second-order valence-electron chi connectivity index (χ2n) is 4.77. The van der Waals surface area contributed by atoms with Gasteiger partial charge in [0.15, 0.2) is 6.61 Å². The number of amides is 1. The molecule has 0 saturated heterocycles. The van der Waals surface area contributed by atoms with E-state index in [9.17, 15) is 9.59 Å². The van der Waals surface area contributed by atoms with Crippen LogP contribution in [0.5, 0.6) is 0 Å². The molecule has 1 amide bonds. The Bertz CT molecular complexity index is 858. The van der Waals surface area contributed by atoms with Gasteiger partial charge in [-0.1, -0.05) is 15.9 Å². The van der Waals surface area contributed by atoms with Gasteiger partial charge in [-0.2, -0.15) is 0 Å². The number of imidazole rings is 1. The SMILES string of the molecule is O=C(COC(=O)c1ccc2nc[nH]c2c1)Nc1ccc(Br)cc1. The third-order valence-electron chi connectivity index (χ3n) is 3.12. The molecule has 6 nitrogen and oxygen atoms in total. The maximum absolute atomic E-state index is 12.0. The van der Waals surface area contributed by atoms with Crippen LogP contribution in [0, 0.1) is 0 Å². The molecule has 0 aliphatic rings. The highest BCUT2D eigenvalue weighted by molar-refractivity contribution is 9.10. The van der Waals surface area contributed by atoms with E-state index in [1.165, 1.54) is 0 Å². The number of fused-ring (bicyclic) bond motifs is 1. The Morgan fingerprint density at radius 1 is 1.17 bits per heavy atom. The molecule has 23 heavy (non-hydrogen) atoms. The highest BCUT2D eigenvalue weighted by atomic mass is 79.9. The molecule has 3 aromatic rings. The first-order chi connectivity index (χ1) is 11.1. The monoisotopic (exact) mass is 373 g/mol. The van der Waals surface area contributed by atoms with Crippen molar-refractivity contribution < 1.29 is 14.3 Å². The number of nitrogens with one attached hydrogen (secondary N) is 2. The van der Waals surface area contributed by atoms with E-state index < -0.39 is 11.9 Å². The van der Waals surface area contributed by atoms with Crippen LogP contribution in [0.15, 0.2) is 53.3 Å². The van der Waals surface area contributed by atoms with Crippen LogP contribution in [0.25, 0.3) is 11.0 Å². The molecule has 2 N–H and O–H groups in total. The van der Waals surface area contributed by atoms with Crippen molar-refractivity contribution in [2.24, 2.45) is 0 Å². The van der Waals surface area contributed by atoms with Gasteiger partial charge in [0, 0.05) is 10.2 Å². The average Bonchev–Trinajstić information content (AvgIpc) is 3.02. The summed E-state index contributed by atoms with van der Waals surface area (Å²) in [4.78, 5) is 30.7. The number of H-pyrrole nitrogens is 1. The van der Waals surface area contributed by atoms with Crippen LogP contribution < -0.4 is 5.32 Å². The molecule has 0 spiro atoms. The van der Waals surface area contributed by atoms with Crippen molar-refractivity contribution >= 4 is 44.5 Å². The van der Waals surface area contributed by atoms with Gasteiger partial charge in [0.1, 0.15) is 0 Å². The molecule has 0 saturated carbocycles. The summed E-state index contributed by atoms with van der Waals surface area (Å²) in [5.74, 6) is -0.962. The maximum Gasteiger partial charge on any atom is 0.338 e. The smallest absolute Gasteiger partial charge is 0.338 e. The van der Waals surface area contributed by atoms with E-state index >= 15 is 0 Å². The van der Waals surface area contributed by atoms with Crippen LogP contribution >= 0.6 is 15.9 Å². The number of esters is 1. The molecule has 7 heteroatoms. The minimum atomic E-state index is -0.563. The Morgan fingerprint density at radius 2 is 1.96 bits per heavy atom. The molecular formula is C16H12BrN3O3. The van der Waals surface area contributed by atoms with Crippen molar-refractivity contribution in [2.75, 3.05) is 11.9 Å². The minimum absolute atomic E-state index is 0.351. The van der Waals surface area contributed by atoms with Gasteiger partial charge in [0.05, 0.1) is 22.9 Å². The molecule has 1 aromatic heterocycles.